The summed E-state index contributed by atoms with van der Waals surface area (Å²) in [7, 11) is 0. The zero-order valence-corrected chi connectivity index (χ0v) is 20.6. The van der Waals surface area contributed by atoms with E-state index in [0.29, 0.717) is 28.9 Å². The van der Waals surface area contributed by atoms with Crippen LogP contribution in [0.1, 0.15) is 29.5 Å². The molecule has 1 aliphatic rings. The number of halogens is 2. The first-order chi connectivity index (χ1) is 15.9. The summed E-state index contributed by atoms with van der Waals surface area (Å²) in [4.78, 5) is 0. The van der Waals surface area contributed by atoms with Crippen LogP contribution >= 0.6 is 34.2 Å². The van der Waals surface area contributed by atoms with Gasteiger partial charge >= 0.3 is 0 Å². The fraction of sp³-hybridized carbons (Fsp3) is 0.160. The van der Waals surface area contributed by atoms with Crippen LogP contribution in [0.15, 0.2) is 66.1 Å². The molecule has 0 unspecified atom stereocenters. The fourth-order valence-corrected chi connectivity index (χ4v) is 4.68. The molecule has 0 bridgehead atoms. The van der Waals surface area contributed by atoms with Crippen molar-refractivity contribution in [1.29, 1.82) is 5.26 Å². The molecule has 0 amide bonds. The standard InChI is InChI=1S/C25H20ClIN2O4/c1-2-31-22-10-15(9-20(27)24(22)32-13-14-5-3-4-6-19(14)26)23-17-8-7-16(30)11-21(17)33-25(29)18(23)12-28/h3-11,23,30H,2,13,29H2,1H3/t23-/m1/s1. The molecule has 4 rings (SSSR count). The quantitative estimate of drug-likeness (QED) is 0.359. The van der Waals surface area contributed by atoms with E-state index in [9.17, 15) is 10.4 Å². The van der Waals surface area contributed by atoms with Crippen LogP contribution in [0.4, 0.5) is 0 Å². The molecule has 1 aliphatic heterocycles. The number of phenols is 1. The van der Waals surface area contributed by atoms with Crippen LogP contribution in [0, 0.1) is 14.9 Å². The Morgan fingerprint density at radius 2 is 1.97 bits per heavy atom. The third-order valence-corrected chi connectivity index (χ3v) is 6.37. The summed E-state index contributed by atoms with van der Waals surface area (Å²) in [5.41, 5.74) is 8.73. The van der Waals surface area contributed by atoms with E-state index in [1.165, 1.54) is 6.07 Å². The molecule has 0 fully saturated rings. The van der Waals surface area contributed by atoms with Crippen LogP contribution in [0.2, 0.25) is 5.02 Å². The van der Waals surface area contributed by atoms with E-state index < -0.39 is 5.92 Å². The Kier molecular flexibility index (Phi) is 6.86. The largest absolute Gasteiger partial charge is 0.508 e. The molecule has 0 aliphatic carbocycles. The molecule has 0 radical (unpaired) electrons. The average Bonchev–Trinajstić information content (AvgIpc) is 2.78. The number of benzene rings is 3. The summed E-state index contributed by atoms with van der Waals surface area (Å²) in [6.07, 6.45) is 0. The van der Waals surface area contributed by atoms with Gasteiger partial charge in [0.05, 0.1) is 16.1 Å². The van der Waals surface area contributed by atoms with E-state index in [1.54, 1.807) is 12.1 Å². The van der Waals surface area contributed by atoms with Crippen molar-refractivity contribution in [2.75, 3.05) is 6.61 Å². The van der Waals surface area contributed by atoms with Gasteiger partial charge in [-0.2, -0.15) is 5.26 Å². The molecule has 168 valence electrons. The monoisotopic (exact) mass is 574 g/mol. The zero-order chi connectivity index (χ0) is 23.5. The summed E-state index contributed by atoms with van der Waals surface area (Å²) in [5.74, 6) is 1.12. The Morgan fingerprint density at radius 3 is 2.70 bits per heavy atom. The number of ether oxygens (including phenoxy) is 3. The van der Waals surface area contributed by atoms with Gasteiger partial charge in [-0.15, -0.1) is 0 Å². The number of rotatable bonds is 6. The topological polar surface area (TPSA) is 97.7 Å². The third-order valence-electron chi connectivity index (χ3n) is 5.20. The molecule has 0 aromatic heterocycles. The van der Waals surface area contributed by atoms with Crippen LogP contribution in [0.25, 0.3) is 0 Å². The number of nitrogens with zero attached hydrogens (tertiary/aromatic N) is 1. The van der Waals surface area contributed by atoms with Crippen molar-refractivity contribution in [1.82, 2.24) is 0 Å². The molecule has 33 heavy (non-hydrogen) atoms. The average molecular weight is 575 g/mol. The lowest BCUT2D eigenvalue weighted by atomic mass is 9.83. The van der Waals surface area contributed by atoms with Crippen molar-refractivity contribution in [2.45, 2.75) is 19.4 Å². The molecule has 0 saturated heterocycles. The Morgan fingerprint density at radius 1 is 1.18 bits per heavy atom. The van der Waals surface area contributed by atoms with Gasteiger partial charge in [-0.1, -0.05) is 35.9 Å². The molecular weight excluding hydrogens is 555 g/mol. The van der Waals surface area contributed by atoms with E-state index in [4.69, 9.17) is 31.5 Å². The lowest BCUT2D eigenvalue weighted by molar-refractivity contribution is 0.267. The molecular formula is C25H20ClIN2O4. The smallest absolute Gasteiger partial charge is 0.205 e. The van der Waals surface area contributed by atoms with Crippen molar-refractivity contribution in [3.8, 4) is 29.1 Å². The van der Waals surface area contributed by atoms with Crippen LogP contribution in [-0.4, -0.2) is 11.7 Å². The fourth-order valence-electron chi connectivity index (χ4n) is 3.71. The second kappa shape index (κ2) is 9.81. The summed E-state index contributed by atoms with van der Waals surface area (Å²) < 4.78 is 18.4. The molecule has 0 spiro atoms. The normalized spacial score (nSPS) is 14.8. The maximum Gasteiger partial charge on any atom is 0.205 e. The molecule has 3 aromatic rings. The minimum atomic E-state index is -0.482. The van der Waals surface area contributed by atoms with Gasteiger partial charge < -0.3 is 25.1 Å². The first kappa shape index (κ1) is 23.1. The van der Waals surface area contributed by atoms with Gasteiger partial charge in [-0.25, -0.2) is 0 Å². The van der Waals surface area contributed by atoms with Gasteiger partial charge in [0.2, 0.25) is 5.88 Å². The van der Waals surface area contributed by atoms with Gasteiger partial charge in [0.1, 0.15) is 29.7 Å². The Labute approximate surface area is 210 Å². The molecule has 6 nitrogen and oxygen atoms in total. The van der Waals surface area contributed by atoms with E-state index in [0.717, 1.165) is 20.3 Å². The van der Waals surface area contributed by atoms with E-state index in [-0.39, 0.29) is 23.8 Å². The number of phenolic OH excluding ortho intramolecular Hbond substituents is 1. The number of hydrogen-bond acceptors (Lipinski definition) is 6. The number of fused-ring (bicyclic) bond motifs is 1. The predicted octanol–water partition coefficient (Wildman–Crippen LogP) is 5.85. The number of allylic oxidation sites excluding steroid dienone is 1. The van der Waals surface area contributed by atoms with Gasteiger partial charge in [0.25, 0.3) is 0 Å². The molecule has 3 aromatic carbocycles. The SMILES string of the molecule is CCOc1cc([C@H]2C(C#N)=C(N)Oc3cc(O)ccc32)cc(I)c1OCc1ccccc1Cl. The maximum absolute atomic E-state index is 9.87. The Balaban J connectivity index is 1.77. The minimum absolute atomic E-state index is 0.00705. The zero-order valence-electron chi connectivity index (χ0n) is 17.6. The second-order valence-corrected chi connectivity index (χ2v) is 8.86. The van der Waals surface area contributed by atoms with E-state index >= 15 is 0 Å². The van der Waals surface area contributed by atoms with Crippen LogP contribution < -0.4 is 19.9 Å². The first-order valence-corrected chi connectivity index (χ1v) is 11.6. The van der Waals surface area contributed by atoms with Crippen LogP contribution in [0.3, 0.4) is 0 Å². The lowest BCUT2D eigenvalue weighted by Crippen LogP contribution is -2.21. The highest BCUT2D eigenvalue weighted by Crippen LogP contribution is 2.46. The van der Waals surface area contributed by atoms with Crippen LogP contribution in [0.5, 0.6) is 23.0 Å². The summed E-state index contributed by atoms with van der Waals surface area (Å²) >= 11 is 8.46. The van der Waals surface area contributed by atoms with Crippen molar-refractivity contribution in [2.24, 2.45) is 5.73 Å². The lowest BCUT2D eigenvalue weighted by Gasteiger charge is -2.27. The minimum Gasteiger partial charge on any atom is -0.508 e. The molecule has 3 N–H and O–H groups in total. The highest BCUT2D eigenvalue weighted by atomic mass is 127. The Bertz CT molecular complexity index is 1290. The number of hydrogen-bond donors (Lipinski definition) is 2. The second-order valence-electron chi connectivity index (χ2n) is 7.29. The summed E-state index contributed by atoms with van der Waals surface area (Å²) in [5, 5.41) is 20.3. The first-order valence-electron chi connectivity index (χ1n) is 10.2. The van der Waals surface area contributed by atoms with Crippen molar-refractivity contribution < 1.29 is 19.3 Å². The molecule has 1 heterocycles. The highest BCUT2D eigenvalue weighted by Gasteiger charge is 2.32. The molecule has 8 heteroatoms. The molecule has 0 saturated carbocycles. The van der Waals surface area contributed by atoms with Gasteiger partial charge in [0, 0.05) is 22.2 Å². The summed E-state index contributed by atoms with van der Waals surface area (Å²) in [6, 6.07) is 18.2. The van der Waals surface area contributed by atoms with Crippen LogP contribution in [-0.2, 0) is 6.61 Å². The van der Waals surface area contributed by atoms with Gasteiger partial charge in [0.15, 0.2) is 11.5 Å². The van der Waals surface area contributed by atoms with Gasteiger partial charge in [-0.3, -0.25) is 0 Å². The number of nitriles is 1. The van der Waals surface area contributed by atoms with Crippen molar-refractivity contribution in [3.63, 3.8) is 0 Å². The number of nitrogens with two attached hydrogens (primary N) is 1. The van der Waals surface area contributed by atoms with Crippen molar-refractivity contribution in [3.05, 3.63) is 91.3 Å². The number of aromatic hydroxyl groups is 1. The Hall–Kier alpha value is -3.09. The van der Waals surface area contributed by atoms with E-state index in [2.05, 4.69) is 28.7 Å². The predicted molar refractivity (Wildman–Crippen MR) is 134 cm³/mol. The van der Waals surface area contributed by atoms with Gasteiger partial charge in [-0.05, 0) is 59.3 Å². The van der Waals surface area contributed by atoms with E-state index in [1.807, 2.05) is 43.3 Å². The highest BCUT2D eigenvalue weighted by molar-refractivity contribution is 14.1. The maximum atomic E-state index is 9.87. The molecule has 1 atom stereocenters. The third kappa shape index (κ3) is 4.68. The summed E-state index contributed by atoms with van der Waals surface area (Å²) in [6.45, 7) is 2.61. The van der Waals surface area contributed by atoms with Crippen molar-refractivity contribution >= 4 is 34.2 Å².